The van der Waals surface area contributed by atoms with Gasteiger partial charge in [-0.1, -0.05) is 11.8 Å². The summed E-state index contributed by atoms with van der Waals surface area (Å²) in [5.74, 6) is -1.11. The highest BCUT2D eigenvalue weighted by atomic mass is 32.2. The van der Waals surface area contributed by atoms with Crippen LogP contribution in [0.4, 0.5) is 18.9 Å². The van der Waals surface area contributed by atoms with Gasteiger partial charge in [0, 0.05) is 23.2 Å². The second kappa shape index (κ2) is 7.25. The van der Waals surface area contributed by atoms with E-state index >= 15 is 0 Å². The summed E-state index contributed by atoms with van der Waals surface area (Å²) < 4.78 is 50.1. The molecule has 1 saturated carbocycles. The number of nitrogens with zero attached hydrogens (tertiary/aromatic N) is 2. The molecule has 0 unspecified atom stereocenters. The minimum absolute atomic E-state index is 0.195. The van der Waals surface area contributed by atoms with Gasteiger partial charge in [-0.25, -0.2) is 4.98 Å². The zero-order valence-electron chi connectivity index (χ0n) is 15.9. The highest BCUT2D eigenvalue weighted by Crippen LogP contribution is 2.48. The zero-order valence-corrected chi connectivity index (χ0v) is 16.8. The van der Waals surface area contributed by atoms with Crippen molar-refractivity contribution < 1.29 is 27.4 Å². The van der Waals surface area contributed by atoms with Crippen LogP contribution in [0.25, 0.3) is 0 Å². The fourth-order valence-corrected chi connectivity index (χ4v) is 4.56. The van der Waals surface area contributed by atoms with Gasteiger partial charge in [0.2, 0.25) is 0 Å². The molecule has 3 aliphatic rings. The largest absolute Gasteiger partial charge is 0.417 e. The Hall–Kier alpha value is -2.10. The van der Waals surface area contributed by atoms with Crippen molar-refractivity contribution in [2.75, 3.05) is 24.7 Å². The highest BCUT2D eigenvalue weighted by molar-refractivity contribution is 7.99. The molecule has 1 spiro atoms. The molecule has 9 heteroatoms. The molecule has 2 fully saturated rings. The van der Waals surface area contributed by atoms with Crippen molar-refractivity contribution in [2.45, 2.75) is 41.1 Å². The molecule has 1 saturated heterocycles. The van der Waals surface area contributed by atoms with Gasteiger partial charge in [-0.05, 0) is 55.5 Å². The summed E-state index contributed by atoms with van der Waals surface area (Å²) in [7, 11) is 0. The van der Waals surface area contributed by atoms with Crippen LogP contribution in [0.15, 0.2) is 46.5 Å². The molecular formula is C21H19F3N2O3S. The topological polar surface area (TPSA) is 51.7 Å². The average Bonchev–Trinajstić information content (AvgIpc) is 3.53. The van der Waals surface area contributed by atoms with E-state index in [0.717, 1.165) is 42.1 Å². The maximum absolute atomic E-state index is 13.3. The van der Waals surface area contributed by atoms with E-state index in [9.17, 15) is 18.0 Å². The quantitative estimate of drug-likeness (QED) is 0.701. The van der Waals surface area contributed by atoms with E-state index in [-0.39, 0.29) is 5.91 Å². The normalized spacial score (nSPS) is 20.6. The Labute approximate surface area is 175 Å². The van der Waals surface area contributed by atoms with Crippen molar-refractivity contribution >= 4 is 23.4 Å². The molecule has 0 bridgehead atoms. The lowest BCUT2D eigenvalue weighted by Gasteiger charge is -2.32. The van der Waals surface area contributed by atoms with Crippen molar-refractivity contribution in [2.24, 2.45) is 5.92 Å². The van der Waals surface area contributed by atoms with Crippen molar-refractivity contribution in [3.05, 3.63) is 47.7 Å². The number of carbonyl (C=O) groups excluding carboxylic acids is 1. The zero-order chi connectivity index (χ0) is 20.9. The first kappa shape index (κ1) is 19.8. The van der Waals surface area contributed by atoms with Crippen LogP contribution >= 0.6 is 11.8 Å². The summed E-state index contributed by atoms with van der Waals surface area (Å²) in [5, 5.41) is 0.432. The first-order valence-corrected chi connectivity index (χ1v) is 10.6. The summed E-state index contributed by atoms with van der Waals surface area (Å²) in [4.78, 5) is 19.7. The molecular weight excluding hydrogens is 417 g/mol. The molecule has 1 aliphatic carbocycles. The number of rotatable bonds is 4. The number of anilines is 1. The maximum Gasteiger partial charge on any atom is 0.417 e. The molecule has 1 amide bonds. The first-order valence-electron chi connectivity index (χ1n) is 9.82. The van der Waals surface area contributed by atoms with Gasteiger partial charge in [0.25, 0.3) is 11.7 Å². The third-order valence-electron chi connectivity index (χ3n) is 5.46. The van der Waals surface area contributed by atoms with Crippen LogP contribution in [-0.4, -0.2) is 30.6 Å². The molecule has 5 nitrogen and oxygen atoms in total. The number of aromatic nitrogens is 1. The van der Waals surface area contributed by atoms with Gasteiger partial charge >= 0.3 is 6.18 Å². The molecule has 0 radical (unpaired) electrons. The van der Waals surface area contributed by atoms with Gasteiger partial charge < -0.3 is 14.4 Å². The number of carbonyl (C=O) groups is 1. The van der Waals surface area contributed by atoms with Gasteiger partial charge in [-0.3, -0.25) is 4.79 Å². The summed E-state index contributed by atoms with van der Waals surface area (Å²) in [5.41, 5.74) is 0.647. The van der Waals surface area contributed by atoms with Gasteiger partial charge in [-0.2, -0.15) is 13.2 Å². The van der Waals surface area contributed by atoms with E-state index in [1.165, 1.54) is 17.8 Å². The van der Waals surface area contributed by atoms with E-state index < -0.39 is 17.5 Å². The lowest BCUT2D eigenvalue weighted by molar-refractivity contribution is -0.256. The molecule has 0 atom stereocenters. The van der Waals surface area contributed by atoms with Crippen LogP contribution in [-0.2, 0) is 26.2 Å². The molecule has 5 rings (SSSR count). The smallest absolute Gasteiger partial charge is 0.338 e. The number of benzene rings is 1. The minimum Gasteiger partial charge on any atom is -0.338 e. The van der Waals surface area contributed by atoms with Crippen molar-refractivity contribution in [3.8, 4) is 0 Å². The molecule has 158 valence electrons. The van der Waals surface area contributed by atoms with E-state index in [4.69, 9.17) is 9.47 Å². The van der Waals surface area contributed by atoms with Crippen LogP contribution in [0.3, 0.4) is 0 Å². The molecule has 1 aromatic carbocycles. The molecule has 2 aromatic rings. The van der Waals surface area contributed by atoms with Gasteiger partial charge in [0.05, 0.1) is 24.5 Å². The van der Waals surface area contributed by atoms with Crippen molar-refractivity contribution in [1.82, 2.24) is 4.98 Å². The van der Waals surface area contributed by atoms with Crippen LogP contribution in [0.1, 0.15) is 30.4 Å². The number of alkyl halides is 3. The third-order valence-corrected chi connectivity index (χ3v) is 6.40. The number of ether oxygens (including phenoxy) is 2. The Bertz CT molecular complexity index is 970. The maximum atomic E-state index is 13.3. The Balaban J connectivity index is 1.46. The van der Waals surface area contributed by atoms with Gasteiger partial charge in [0.1, 0.15) is 5.03 Å². The predicted octanol–water partition coefficient (Wildman–Crippen LogP) is 4.60. The molecule has 2 aliphatic heterocycles. The van der Waals surface area contributed by atoms with Crippen LogP contribution < -0.4 is 4.90 Å². The lowest BCUT2D eigenvalue weighted by Crippen LogP contribution is -2.47. The Morgan fingerprint density at radius 3 is 2.57 bits per heavy atom. The number of halogens is 3. The Morgan fingerprint density at radius 2 is 1.93 bits per heavy atom. The SMILES string of the molecule is O=C1N(CC2CC2)c2ccc(Sc3ccc(C(F)(F)F)cn3)cc2C12OCCCO2. The second-order valence-electron chi connectivity index (χ2n) is 7.69. The lowest BCUT2D eigenvalue weighted by atomic mass is 10.1. The van der Waals surface area contributed by atoms with Crippen molar-refractivity contribution in [1.29, 1.82) is 0 Å². The first-order chi connectivity index (χ1) is 14.4. The number of fused-ring (bicyclic) bond motifs is 2. The predicted molar refractivity (Wildman–Crippen MR) is 103 cm³/mol. The summed E-state index contributed by atoms with van der Waals surface area (Å²) in [6.07, 6.45) is -0.651. The molecule has 30 heavy (non-hydrogen) atoms. The summed E-state index contributed by atoms with van der Waals surface area (Å²) >= 11 is 1.23. The number of hydrogen-bond acceptors (Lipinski definition) is 5. The van der Waals surface area contributed by atoms with Gasteiger partial charge in [0.15, 0.2) is 0 Å². The van der Waals surface area contributed by atoms with E-state index in [0.29, 0.717) is 36.3 Å². The second-order valence-corrected chi connectivity index (χ2v) is 8.78. The fourth-order valence-electron chi connectivity index (χ4n) is 3.76. The number of hydrogen-bond donors (Lipinski definition) is 0. The fraction of sp³-hybridized carbons (Fsp3) is 0.429. The van der Waals surface area contributed by atoms with Crippen LogP contribution in [0.2, 0.25) is 0 Å². The number of amides is 1. The standard InChI is InChI=1S/C21H19F3N2O3S/c22-21(23,24)14-4-7-18(25-11-14)30-15-5-6-17-16(10-15)20(28-8-1-9-29-20)19(27)26(17)12-13-2-3-13/h4-7,10-11,13H,1-3,8-9,12H2. The third kappa shape index (κ3) is 3.48. The van der Waals surface area contributed by atoms with E-state index in [1.807, 2.05) is 18.2 Å². The highest BCUT2D eigenvalue weighted by Gasteiger charge is 2.55. The Kier molecular flexibility index (Phi) is 4.79. The summed E-state index contributed by atoms with van der Waals surface area (Å²) in [6, 6.07) is 7.89. The average molecular weight is 436 g/mol. The minimum atomic E-state index is -4.42. The van der Waals surface area contributed by atoms with Crippen LogP contribution in [0, 0.1) is 5.92 Å². The molecule has 3 heterocycles. The molecule has 1 aromatic heterocycles. The van der Waals surface area contributed by atoms with Crippen LogP contribution in [0.5, 0.6) is 0 Å². The monoisotopic (exact) mass is 436 g/mol. The van der Waals surface area contributed by atoms with E-state index in [1.54, 1.807) is 4.90 Å². The van der Waals surface area contributed by atoms with Gasteiger partial charge in [-0.15, -0.1) is 0 Å². The summed E-state index contributed by atoms with van der Waals surface area (Å²) in [6.45, 7) is 1.51. The number of pyridine rings is 1. The van der Waals surface area contributed by atoms with E-state index in [2.05, 4.69) is 4.98 Å². The Morgan fingerprint density at radius 1 is 1.17 bits per heavy atom. The van der Waals surface area contributed by atoms with Crippen molar-refractivity contribution in [3.63, 3.8) is 0 Å². The molecule has 0 N–H and O–H groups in total.